The van der Waals surface area contributed by atoms with E-state index in [1.807, 2.05) is 6.92 Å². The largest absolute Gasteiger partial charge is 0.479 e. The van der Waals surface area contributed by atoms with E-state index >= 15 is 0 Å². The maximum absolute atomic E-state index is 10.3. The Kier molecular flexibility index (Phi) is 8.39. The van der Waals surface area contributed by atoms with Crippen LogP contribution in [0.1, 0.15) is 40.0 Å². The molecule has 0 aromatic heterocycles. The third kappa shape index (κ3) is 9.21. The lowest BCUT2D eigenvalue weighted by Crippen LogP contribution is -2.34. The van der Waals surface area contributed by atoms with Gasteiger partial charge >= 0.3 is 11.9 Å². The van der Waals surface area contributed by atoms with Crippen LogP contribution in [-0.2, 0) is 9.59 Å². The number of hydrogen-bond acceptors (Lipinski definition) is 3. The highest BCUT2D eigenvalue weighted by Crippen LogP contribution is 2.12. The van der Waals surface area contributed by atoms with E-state index in [1.165, 1.54) is 13.8 Å². The highest BCUT2D eigenvalue weighted by atomic mass is 16.4. The lowest BCUT2D eigenvalue weighted by Gasteiger charge is -2.16. The molecule has 0 spiro atoms. The van der Waals surface area contributed by atoms with Crippen molar-refractivity contribution in [2.24, 2.45) is 0 Å². The first-order valence-corrected chi connectivity index (χ1v) is 4.99. The Morgan fingerprint density at radius 3 is 1.88 bits per heavy atom. The third-order valence-corrected chi connectivity index (χ3v) is 1.84. The van der Waals surface area contributed by atoms with Gasteiger partial charge in [-0.2, -0.15) is 0 Å². The monoisotopic (exact) mass is 232 g/mol. The molecule has 0 heterocycles. The lowest BCUT2D eigenvalue weighted by molar-refractivity contribution is -0.157. The minimum atomic E-state index is -1.53. The molecule has 0 saturated carbocycles. The molecule has 0 aromatic carbocycles. The smallest absolute Gasteiger partial charge is 0.335 e. The Labute approximate surface area is 95.4 Å². The van der Waals surface area contributed by atoms with Crippen LogP contribution in [0, 0.1) is 0 Å². The summed E-state index contributed by atoms with van der Waals surface area (Å²) in [6.45, 7) is 7.88. The van der Waals surface area contributed by atoms with Gasteiger partial charge in [0.1, 0.15) is 0 Å². The molecule has 5 heteroatoms. The molecule has 0 bridgehead atoms. The standard InChI is InChI=1S/C7H14O3.C4H6O2/c1-3-4-5-7(2,10)6(8)9;1-3(2)4(5)6/h10H,3-5H2,1-2H3,(H,8,9);1H2,2H3,(H,5,6). The van der Waals surface area contributed by atoms with E-state index in [9.17, 15) is 9.59 Å². The Morgan fingerprint density at radius 2 is 1.69 bits per heavy atom. The van der Waals surface area contributed by atoms with Gasteiger partial charge in [-0.05, 0) is 20.3 Å². The molecule has 16 heavy (non-hydrogen) atoms. The summed E-state index contributed by atoms with van der Waals surface area (Å²) in [6.07, 6.45) is 1.99. The Bertz CT molecular complexity index is 243. The molecule has 0 aliphatic carbocycles. The molecule has 0 fully saturated rings. The second kappa shape index (κ2) is 7.87. The van der Waals surface area contributed by atoms with E-state index in [4.69, 9.17) is 15.3 Å². The summed E-state index contributed by atoms with van der Waals surface area (Å²) in [5.41, 5.74) is -1.36. The zero-order valence-electron chi connectivity index (χ0n) is 9.99. The normalized spacial score (nSPS) is 13.0. The fraction of sp³-hybridized carbons (Fsp3) is 0.636. The third-order valence-electron chi connectivity index (χ3n) is 1.84. The molecule has 3 N–H and O–H groups in total. The second-order valence-corrected chi connectivity index (χ2v) is 3.77. The SMILES string of the molecule is C=C(C)C(=O)O.CCCCC(C)(O)C(=O)O. The number of carbonyl (C=O) groups is 2. The first-order valence-electron chi connectivity index (χ1n) is 4.99. The maximum atomic E-state index is 10.3. The number of carboxylic acid groups (broad SMARTS) is 2. The average Bonchev–Trinajstić information content (AvgIpc) is 2.15. The molecule has 0 aliphatic rings. The second-order valence-electron chi connectivity index (χ2n) is 3.77. The Hall–Kier alpha value is -1.36. The summed E-state index contributed by atoms with van der Waals surface area (Å²) >= 11 is 0. The molecular formula is C11H20O5. The van der Waals surface area contributed by atoms with Gasteiger partial charge in [-0.25, -0.2) is 9.59 Å². The van der Waals surface area contributed by atoms with Crippen molar-refractivity contribution in [3.8, 4) is 0 Å². The van der Waals surface area contributed by atoms with Gasteiger partial charge in [0.2, 0.25) is 0 Å². The fourth-order valence-electron chi connectivity index (χ4n) is 0.628. The van der Waals surface area contributed by atoms with Gasteiger partial charge in [0, 0.05) is 5.57 Å². The molecule has 0 aromatic rings. The van der Waals surface area contributed by atoms with Crippen LogP contribution >= 0.6 is 0 Å². The topological polar surface area (TPSA) is 94.8 Å². The minimum absolute atomic E-state index is 0.176. The van der Waals surface area contributed by atoms with Crippen LogP contribution in [0.4, 0.5) is 0 Å². The summed E-state index contributed by atoms with van der Waals surface area (Å²) < 4.78 is 0. The predicted molar refractivity (Wildman–Crippen MR) is 60.2 cm³/mol. The number of carboxylic acids is 2. The van der Waals surface area contributed by atoms with Crippen LogP contribution in [0.25, 0.3) is 0 Å². The van der Waals surface area contributed by atoms with Gasteiger partial charge in [-0.15, -0.1) is 0 Å². The molecule has 94 valence electrons. The van der Waals surface area contributed by atoms with Crippen molar-refractivity contribution in [1.82, 2.24) is 0 Å². The number of hydrogen-bond donors (Lipinski definition) is 3. The molecular weight excluding hydrogens is 212 g/mol. The van der Waals surface area contributed by atoms with E-state index in [2.05, 4.69) is 6.58 Å². The van der Waals surface area contributed by atoms with Crippen LogP contribution in [-0.4, -0.2) is 32.9 Å². The van der Waals surface area contributed by atoms with Crippen LogP contribution in [0.2, 0.25) is 0 Å². The number of rotatable bonds is 5. The molecule has 0 amide bonds. The Balaban J connectivity index is 0. The summed E-state index contributed by atoms with van der Waals surface area (Å²) in [6, 6.07) is 0. The van der Waals surface area contributed by atoms with Crippen LogP contribution < -0.4 is 0 Å². The summed E-state index contributed by atoms with van der Waals surface area (Å²) in [7, 11) is 0. The number of aliphatic carboxylic acids is 2. The van der Waals surface area contributed by atoms with Crippen molar-refractivity contribution in [3.05, 3.63) is 12.2 Å². The fourth-order valence-corrected chi connectivity index (χ4v) is 0.628. The van der Waals surface area contributed by atoms with Crippen LogP contribution in [0.15, 0.2) is 12.2 Å². The first kappa shape index (κ1) is 17.0. The van der Waals surface area contributed by atoms with Crippen molar-refractivity contribution < 1.29 is 24.9 Å². The molecule has 0 radical (unpaired) electrons. The maximum Gasteiger partial charge on any atom is 0.335 e. The quantitative estimate of drug-likeness (QED) is 0.626. The van der Waals surface area contributed by atoms with E-state index < -0.39 is 17.5 Å². The van der Waals surface area contributed by atoms with Crippen molar-refractivity contribution in [1.29, 1.82) is 0 Å². The molecule has 0 saturated heterocycles. The molecule has 0 rings (SSSR count). The predicted octanol–water partition coefficient (Wildman–Crippen LogP) is 1.66. The van der Waals surface area contributed by atoms with Crippen molar-refractivity contribution in [3.63, 3.8) is 0 Å². The highest BCUT2D eigenvalue weighted by Gasteiger charge is 2.28. The van der Waals surface area contributed by atoms with Crippen LogP contribution in [0.5, 0.6) is 0 Å². The van der Waals surface area contributed by atoms with Crippen LogP contribution in [0.3, 0.4) is 0 Å². The number of aliphatic hydroxyl groups is 1. The highest BCUT2D eigenvalue weighted by molar-refractivity contribution is 5.84. The summed E-state index contributed by atoms with van der Waals surface area (Å²) in [5.74, 6) is -2.07. The molecule has 1 atom stereocenters. The summed E-state index contributed by atoms with van der Waals surface area (Å²) in [5, 5.41) is 25.4. The average molecular weight is 232 g/mol. The van der Waals surface area contributed by atoms with Gasteiger partial charge in [0.05, 0.1) is 0 Å². The molecule has 1 unspecified atom stereocenters. The van der Waals surface area contributed by atoms with E-state index in [1.54, 1.807) is 0 Å². The zero-order chi connectivity index (χ0) is 13.4. The van der Waals surface area contributed by atoms with E-state index in [0.29, 0.717) is 6.42 Å². The zero-order valence-corrected chi connectivity index (χ0v) is 9.99. The van der Waals surface area contributed by atoms with Crippen molar-refractivity contribution in [2.45, 2.75) is 45.6 Å². The minimum Gasteiger partial charge on any atom is -0.479 e. The van der Waals surface area contributed by atoms with Gasteiger partial charge in [0.25, 0.3) is 0 Å². The number of unbranched alkanes of at least 4 members (excludes halogenated alkanes) is 1. The first-order chi connectivity index (χ1) is 7.15. The lowest BCUT2D eigenvalue weighted by atomic mass is 10.00. The van der Waals surface area contributed by atoms with E-state index in [0.717, 1.165) is 12.8 Å². The van der Waals surface area contributed by atoms with E-state index in [-0.39, 0.29) is 5.57 Å². The molecule has 0 aliphatic heterocycles. The van der Waals surface area contributed by atoms with Gasteiger partial charge in [-0.3, -0.25) is 0 Å². The van der Waals surface area contributed by atoms with Crippen molar-refractivity contribution >= 4 is 11.9 Å². The van der Waals surface area contributed by atoms with Gasteiger partial charge < -0.3 is 15.3 Å². The Morgan fingerprint density at radius 1 is 1.31 bits per heavy atom. The van der Waals surface area contributed by atoms with Crippen molar-refractivity contribution in [2.75, 3.05) is 0 Å². The van der Waals surface area contributed by atoms with Gasteiger partial charge in [-0.1, -0.05) is 26.3 Å². The van der Waals surface area contributed by atoms with Gasteiger partial charge in [0.15, 0.2) is 5.60 Å². The summed E-state index contributed by atoms with van der Waals surface area (Å²) in [4.78, 5) is 19.9. The molecule has 5 nitrogen and oxygen atoms in total.